The number of carbonyl (C=O) groups excluding carboxylic acids is 2. The number of rotatable bonds is 2. The number of primary amides is 1. The van der Waals surface area contributed by atoms with Gasteiger partial charge in [0.1, 0.15) is 0 Å². The van der Waals surface area contributed by atoms with Crippen LogP contribution in [0.25, 0.3) is 0 Å². The van der Waals surface area contributed by atoms with Gasteiger partial charge in [-0.1, -0.05) is 30.3 Å². The van der Waals surface area contributed by atoms with E-state index in [1.165, 1.54) is 12.1 Å². The van der Waals surface area contributed by atoms with Gasteiger partial charge in [0, 0.05) is 0 Å². The summed E-state index contributed by atoms with van der Waals surface area (Å²) in [5, 5.41) is 9.36. The van der Waals surface area contributed by atoms with Crippen LogP contribution in [0.2, 0.25) is 0 Å². The summed E-state index contributed by atoms with van der Waals surface area (Å²) in [6.07, 6.45) is -2.71. The van der Waals surface area contributed by atoms with Gasteiger partial charge in [-0.15, -0.1) is 0 Å². The summed E-state index contributed by atoms with van der Waals surface area (Å²) in [4.78, 5) is 21.2. The molecule has 0 bridgehead atoms. The van der Waals surface area contributed by atoms with Crippen molar-refractivity contribution in [3.8, 4) is 0 Å². The van der Waals surface area contributed by atoms with E-state index in [-0.39, 0.29) is 0 Å². The summed E-state index contributed by atoms with van der Waals surface area (Å²) >= 11 is 0. The number of aliphatic hydroxyl groups excluding tert-OH is 1. The maximum atomic E-state index is 11.0. The minimum atomic E-state index is -1.48. The Hall–Kier alpha value is -1.88. The number of amides is 1. The molecule has 1 atom stereocenters. The maximum Gasteiger partial charge on any atom is 0.412 e. The van der Waals surface area contributed by atoms with Crippen molar-refractivity contribution in [1.29, 1.82) is 0 Å². The van der Waals surface area contributed by atoms with Gasteiger partial charge in [-0.05, 0) is 5.56 Å². The van der Waals surface area contributed by atoms with Gasteiger partial charge >= 0.3 is 12.1 Å². The van der Waals surface area contributed by atoms with Gasteiger partial charge in [-0.2, -0.15) is 0 Å². The number of esters is 1. The Morgan fingerprint density at radius 3 is 2.36 bits per heavy atom. The monoisotopic (exact) mass is 195 g/mol. The van der Waals surface area contributed by atoms with Crippen molar-refractivity contribution in [2.45, 2.75) is 6.10 Å². The second kappa shape index (κ2) is 4.38. The van der Waals surface area contributed by atoms with Gasteiger partial charge in [0.15, 0.2) is 6.10 Å². The number of hydrogen-bond acceptors (Lipinski definition) is 4. The molecule has 0 radical (unpaired) electrons. The van der Waals surface area contributed by atoms with Gasteiger partial charge in [-0.3, -0.25) is 0 Å². The van der Waals surface area contributed by atoms with Crippen molar-refractivity contribution in [2.24, 2.45) is 5.73 Å². The number of hydrogen-bond donors (Lipinski definition) is 2. The fraction of sp³-hybridized carbons (Fsp3) is 0.111. The molecule has 1 amide bonds. The molecule has 14 heavy (non-hydrogen) atoms. The molecule has 0 aliphatic heterocycles. The molecule has 1 aromatic carbocycles. The fourth-order valence-corrected chi connectivity index (χ4v) is 0.926. The molecule has 0 unspecified atom stereocenters. The lowest BCUT2D eigenvalue weighted by atomic mass is 10.1. The molecule has 0 saturated heterocycles. The first kappa shape index (κ1) is 10.2. The van der Waals surface area contributed by atoms with Crippen LogP contribution in [0.1, 0.15) is 11.7 Å². The van der Waals surface area contributed by atoms with Crippen LogP contribution in [0.4, 0.5) is 4.79 Å². The van der Waals surface area contributed by atoms with Crippen LogP contribution in [-0.4, -0.2) is 17.2 Å². The highest BCUT2D eigenvalue weighted by atomic mass is 16.6. The molecule has 1 rings (SSSR count). The number of aliphatic hydroxyl groups is 1. The zero-order chi connectivity index (χ0) is 10.6. The van der Waals surface area contributed by atoms with Crippen LogP contribution in [0.3, 0.4) is 0 Å². The first-order valence-corrected chi connectivity index (χ1v) is 3.85. The number of nitrogens with two attached hydrogens (primary N) is 1. The zero-order valence-corrected chi connectivity index (χ0v) is 7.21. The largest absolute Gasteiger partial charge is 0.412 e. The quantitative estimate of drug-likeness (QED) is 0.526. The lowest BCUT2D eigenvalue weighted by molar-refractivity contribution is -0.146. The molecule has 5 nitrogen and oxygen atoms in total. The zero-order valence-electron chi connectivity index (χ0n) is 7.21. The van der Waals surface area contributed by atoms with Crippen molar-refractivity contribution in [3.63, 3.8) is 0 Å². The Balaban J connectivity index is 2.71. The molecule has 0 aliphatic carbocycles. The van der Waals surface area contributed by atoms with E-state index in [4.69, 9.17) is 0 Å². The topological polar surface area (TPSA) is 89.6 Å². The summed E-state index contributed by atoms with van der Waals surface area (Å²) < 4.78 is 4.02. The highest BCUT2D eigenvalue weighted by Crippen LogP contribution is 2.13. The Bertz CT molecular complexity index is 336. The molecule has 0 saturated carbocycles. The molecule has 0 aliphatic rings. The van der Waals surface area contributed by atoms with Crippen LogP contribution in [-0.2, 0) is 9.53 Å². The molecule has 5 heteroatoms. The van der Waals surface area contributed by atoms with Crippen LogP contribution < -0.4 is 5.73 Å². The van der Waals surface area contributed by atoms with Crippen molar-refractivity contribution in [3.05, 3.63) is 35.9 Å². The van der Waals surface area contributed by atoms with E-state index >= 15 is 0 Å². The van der Waals surface area contributed by atoms with Crippen LogP contribution in [0.15, 0.2) is 30.3 Å². The summed E-state index contributed by atoms with van der Waals surface area (Å²) in [7, 11) is 0. The molecule has 0 heterocycles. The van der Waals surface area contributed by atoms with Gasteiger partial charge in [-0.25, -0.2) is 9.59 Å². The first-order valence-electron chi connectivity index (χ1n) is 3.85. The highest BCUT2D eigenvalue weighted by Gasteiger charge is 2.20. The third-order valence-electron chi connectivity index (χ3n) is 1.54. The Morgan fingerprint density at radius 1 is 1.29 bits per heavy atom. The molecule has 0 spiro atoms. The third kappa shape index (κ3) is 2.56. The summed E-state index contributed by atoms with van der Waals surface area (Å²) in [6.45, 7) is 0. The lowest BCUT2D eigenvalue weighted by Crippen LogP contribution is -2.23. The van der Waals surface area contributed by atoms with E-state index < -0.39 is 18.2 Å². The molecule has 1 aromatic rings. The van der Waals surface area contributed by atoms with E-state index in [9.17, 15) is 14.7 Å². The summed E-state index contributed by atoms with van der Waals surface area (Å²) in [5.74, 6) is -1.08. The normalized spacial score (nSPS) is 11.8. The van der Waals surface area contributed by atoms with Gasteiger partial charge in [0.05, 0.1) is 0 Å². The molecule has 74 valence electrons. The SMILES string of the molecule is NC(=O)OC(=O)[C@H](O)c1ccccc1. The highest BCUT2D eigenvalue weighted by molar-refractivity contribution is 5.86. The van der Waals surface area contributed by atoms with E-state index in [1.54, 1.807) is 18.2 Å². The number of benzene rings is 1. The Kier molecular flexibility index (Phi) is 3.19. The van der Waals surface area contributed by atoms with Gasteiger partial charge in [0.25, 0.3) is 0 Å². The number of carbonyl (C=O) groups is 2. The van der Waals surface area contributed by atoms with Crippen LogP contribution in [0, 0.1) is 0 Å². The molecular formula is C9H9NO4. The summed E-state index contributed by atoms with van der Waals surface area (Å²) in [5.41, 5.74) is 4.96. The average molecular weight is 195 g/mol. The molecule has 3 N–H and O–H groups in total. The smallest absolute Gasteiger partial charge is 0.377 e. The lowest BCUT2D eigenvalue weighted by Gasteiger charge is -2.07. The molecular weight excluding hydrogens is 186 g/mol. The second-order valence-corrected chi connectivity index (χ2v) is 2.55. The van der Waals surface area contributed by atoms with Crippen LogP contribution >= 0.6 is 0 Å². The predicted octanol–water partition coefficient (Wildman–Crippen LogP) is 0.342. The van der Waals surface area contributed by atoms with E-state index in [0.717, 1.165) is 0 Å². The molecule has 0 fully saturated rings. The second-order valence-electron chi connectivity index (χ2n) is 2.55. The predicted molar refractivity (Wildman–Crippen MR) is 47.1 cm³/mol. The Labute approximate surface area is 80.1 Å². The van der Waals surface area contributed by atoms with Gasteiger partial charge < -0.3 is 15.6 Å². The van der Waals surface area contributed by atoms with Crippen molar-refractivity contribution in [2.75, 3.05) is 0 Å². The first-order chi connectivity index (χ1) is 6.61. The third-order valence-corrected chi connectivity index (χ3v) is 1.54. The fourth-order valence-electron chi connectivity index (χ4n) is 0.926. The van der Waals surface area contributed by atoms with Gasteiger partial charge in [0.2, 0.25) is 0 Å². The standard InChI is InChI=1S/C9H9NO4/c10-9(13)14-8(12)7(11)6-4-2-1-3-5-6/h1-5,7,11H,(H2,10,13)/t7-/m1/s1. The van der Waals surface area contributed by atoms with Crippen molar-refractivity contribution < 1.29 is 19.4 Å². The van der Waals surface area contributed by atoms with Crippen molar-refractivity contribution in [1.82, 2.24) is 0 Å². The maximum absolute atomic E-state index is 11.0. The van der Waals surface area contributed by atoms with E-state index in [2.05, 4.69) is 10.5 Å². The number of ether oxygens (including phenoxy) is 1. The Morgan fingerprint density at radius 2 is 1.86 bits per heavy atom. The summed E-state index contributed by atoms with van der Waals surface area (Å²) in [6, 6.07) is 8.10. The minimum Gasteiger partial charge on any atom is -0.377 e. The average Bonchev–Trinajstić information content (AvgIpc) is 2.17. The van der Waals surface area contributed by atoms with E-state index in [1.807, 2.05) is 0 Å². The van der Waals surface area contributed by atoms with Crippen molar-refractivity contribution >= 4 is 12.1 Å². The minimum absolute atomic E-state index is 0.346. The van der Waals surface area contributed by atoms with Crippen LogP contribution in [0.5, 0.6) is 0 Å². The molecule has 0 aromatic heterocycles. The van der Waals surface area contributed by atoms with E-state index in [0.29, 0.717) is 5.56 Å².